The Kier molecular flexibility index (Phi) is 5.02. The number of aromatic nitrogens is 2. The Bertz CT molecular complexity index is 1010. The van der Waals surface area contributed by atoms with Crippen molar-refractivity contribution in [3.05, 3.63) is 46.9 Å². The van der Waals surface area contributed by atoms with Gasteiger partial charge in [-0.3, -0.25) is 4.79 Å². The summed E-state index contributed by atoms with van der Waals surface area (Å²) in [6.07, 6.45) is 3.18. The molecule has 1 saturated heterocycles. The molecule has 0 N–H and O–H groups in total. The van der Waals surface area contributed by atoms with Crippen LogP contribution >= 0.6 is 11.3 Å². The fourth-order valence-electron chi connectivity index (χ4n) is 3.81. The van der Waals surface area contributed by atoms with Gasteiger partial charge in [-0.25, -0.2) is 14.4 Å². The Labute approximate surface area is 167 Å². The third kappa shape index (κ3) is 3.35. The predicted octanol–water partition coefficient (Wildman–Crippen LogP) is 4.33. The number of fused-ring (bicyclic) bond motifs is 1. The zero-order valence-corrected chi connectivity index (χ0v) is 17.1. The molecule has 3 aromatic rings. The van der Waals surface area contributed by atoms with Gasteiger partial charge < -0.3 is 9.80 Å². The number of benzene rings is 1. The third-order valence-corrected chi connectivity index (χ3v) is 6.75. The minimum absolute atomic E-state index is 0.0334. The summed E-state index contributed by atoms with van der Waals surface area (Å²) in [5, 5.41) is 1.14. The fourth-order valence-corrected chi connectivity index (χ4v) is 4.80. The first-order valence-corrected chi connectivity index (χ1v) is 10.3. The Morgan fingerprint density at radius 2 is 1.86 bits per heavy atom. The van der Waals surface area contributed by atoms with Crippen LogP contribution in [0.4, 0.5) is 15.9 Å². The van der Waals surface area contributed by atoms with Crippen molar-refractivity contribution in [2.45, 2.75) is 26.7 Å². The smallest absolute Gasteiger partial charge is 0.229 e. The molecule has 0 atom stereocenters. The molecule has 1 aliphatic rings. The van der Waals surface area contributed by atoms with E-state index in [4.69, 9.17) is 0 Å². The second-order valence-corrected chi connectivity index (χ2v) is 8.50. The predicted molar refractivity (Wildman–Crippen MR) is 112 cm³/mol. The zero-order valence-electron chi connectivity index (χ0n) is 16.3. The maximum Gasteiger partial charge on any atom is 0.229 e. The van der Waals surface area contributed by atoms with Gasteiger partial charge in [-0.15, -0.1) is 11.3 Å². The molecule has 0 radical (unpaired) electrons. The molecule has 1 aromatic carbocycles. The Morgan fingerprint density at radius 1 is 1.18 bits per heavy atom. The average Bonchev–Trinajstić information content (AvgIpc) is 3.01. The molecule has 2 aromatic heterocycles. The molecule has 0 aliphatic carbocycles. The summed E-state index contributed by atoms with van der Waals surface area (Å²) in [5.74, 6) is 0.730. The number of carbonyl (C=O) groups excluding carboxylic acids is 1. The minimum Gasteiger partial charge on any atom is -0.356 e. The van der Waals surface area contributed by atoms with Crippen LogP contribution in [0.25, 0.3) is 10.2 Å². The van der Waals surface area contributed by atoms with E-state index in [2.05, 4.69) is 28.7 Å². The van der Waals surface area contributed by atoms with Crippen LogP contribution in [0.15, 0.2) is 30.6 Å². The van der Waals surface area contributed by atoms with E-state index in [0.717, 1.165) is 47.7 Å². The first-order chi connectivity index (χ1) is 13.5. The number of aryl methyl sites for hydroxylation is 2. The SMILES string of the molecule is Cc1sc2ncnc(N3CCC(C(=O)N(C)c4ccc(F)cc4)CC3)c2c1C. The summed E-state index contributed by atoms with van der Waals surface area (Å²) in [5.41, 5.74) is 1.96. The molecule has 4 rings (SSSR count). The van der Waals surface area contributed by atoms with Gasteiger partial charge in [0.15, 0.2) is 0 Å². The fraction of sp³-hybridized carbons (Fsp3) is 0.381. The molecule has 28 heavy (non-hydrogen) atoms. The lowest BCUT2D eigenvalue weighted by Gasteiger charge is -2.34. The third-order valence-electron chi connectivity index (χ3n) is 5.63. The number of piperidine rings is 1. The quantitative estimate of drug-likeness (QED) is 0.659. The Balaban J connectivity index is 1.48. The van der Waals surface area contributed by atoms with Gasteiger partial charge in [0, 0.05) is 36.6 Å². The minimum atomic E-state index is -0.298. The largest absolute Gasteiger partial charge is 0.356 e. The van der Waals surface area contributed by atoms with Crippen molar-refractivity contribution in [1.29, 1.82) is 0 Å². The van der Waals surface area contributed by atoms with Gasteiger partial charge in [0.1, 0.15) is 22.8 Å². The van der Waals surface area contributed by atoms with Crippen LogP contribution in [0.1, 0.15) is 23.3 Å². The van der Waals surface area contributed by atoms with Gasteiger partial charge in [-0.2, -0.15) is 0 Å². The highest BCUT2D eigenvalue weighted by Gasteiger charge is 2.29. The summed E-state index contributed by atoms with van der Waals surface area (Å²) in [6, 6.07) is 6.05. The van der Waals surface area contributed by atoms with E-state index < -0.39 is 0 Å². The van der Waals surface area contributed by atoms with Crippen LogP contribution in [0.5, 0.6) is 0 Å². The van der Waals surface area contributed by atoms with Crippen LogP contribution < -0.4 is 9.80 Å². The highest BCUT2D eigenvalue weighted by atomic mass is 32.1. The molecule has 7 heteroatoms. The molecule has 0 unspecified atom stereocenters. The van der Waals surface area contributed by atoms with Gasteiger partial charge in [-0.1, -0.05) is 0 Å². The van der Waals surface area contributed by atoms with Crippen LogP contribution in [-0.2, 0) is 4.79 Å². The van der Waals surface area contributed by atoms with Gasteiger partial charge in [0.25, 0.3) is 0 Å². The van der Waals surface area contributed by atoms with E-state index in [9.17, 15) is 9.18 Å². The normalized spacial score (nSPS) is 15.2. The summed E-state index contributed by atoms with van der Waals surface area (Å²) >= 11 is 1.70. The van der Waals surface area contributed by atoms with E-state index in [0.29, 0.717) is 0 Å². The van der Waals surface area contributed by atoms with E-state index in [1.165, 1.54) is 22.6 Å². The van der Waals surface area contributed by atoms with Gasteiger partial charge in [0.2, 0.25) is 5.91 Å². The van der Waals surface area contributed by atoms with Crippen molar-refractivity contribution >= 4 is 39.0 Å². The van der Waals surface area contributed by atoms with E-state index in [-0.39, 0.29) is 17.6 Å². The van der Waals surface area contributed by atoms with Crippen LogP contribution in [0.3, 0.4) is 0 Å². The van der Waals surface area contributed by atoms with Crippen molar-refractivity contribution in [3.63, 3.8) is 0 Å². The van der Waals surface area contributed by atoms with Crippen LogP contribution in [-0.4, -0.2) is 36.0 Å². The van der Waals surface area contributed by atoms with Gasteiger partial charge >= 0.3 is 0 Å². The summed E-state index contributed by atoms with van der Waals surface area (Å²) in [7, 11) is 1.76. The molecular weight excluding hydrogens is 375 g/mol. The number of hydrogen-bond donors (Lipinski definition) is 0. The number of nitrogens with zero attached hydrogens (tertiary/aromatic N) is 4. The van der Waals surface area contributed by atoms with Crippen molar-refractivity contribution in [2.75, 3.05) is 29.9 Å². The van der Waals surface area contributed by atoms with Gasteiger partial charge in [0.05, 0.1) is 5.39 Å². The first-order valence-electron chi connectivity index (χ1n) is 9.44. The number of rotatable bonds is 3. The molecule has 0 bridgehead atoms. The maximum absolute atomic E-state index is 13.1. The van der Waals surface area contributed by atoms with Crippen molar-refractivity contribution in [2.24, 2.45) is 5.92 Å². The number of halogens is 1. The topological polar surface area (TPSA) is 49.3 Å². The molecule has 146 valence electrons. The number of thiophene rings is 1. The molecule has 3 heterocycles. The maximum atomic E-state index is 13.1. The van der Waals surface area contributed by atoms with Crippen molar-refractivity contribution in [1.82, 2.24) is 9.97 Å². The zero-order chi connectivity index (χ0) is 19.8. The number of amides is 1. The number of anilines is 2. The lowest BCUT2D eigenvalue weighted by Crippen LogP contribution is -2.41. The number of carbonyl (C=O) groups is 1. The first kappa shape index (κ1) is 18.8. The van der Waals surface area contributed by atoms with E-state index in [1.807, 2.05) is 0 Å². The van der Waals surface area contributed by atoms with E-state index in [1.54, 1.807) is 41.7 Å². The lowest BCUT2D eigenvalue weighted by molar-refractivity contribution is -0.122. The summed E-state index contributed by atoms with van der Waals surface area (Å²) in [6.45, 7) is 5.80. The second-order valence-electron chi connectivity index (χ2n) is 7.30. The molecule has 1 aliphatic heterocycles. The lowest BCUT2D eigenvalue weighted by atomic mass is 9.95. The molecular formula is C21H23FN4OS. The second kappa shape index (κ2) is 7.47. The molecule has 0 spiro atoms. The molecule has 1 amide bonds. The number of hydrogen-bond acceptors (Lipinski definition) is 5. The average molecular weight is 399 g/mol. The van der Waals surface area contributed by atoms with Crippen LogP contribution in [0, 0.1) is 25.6 Å². The highest BCUT2D eigenvalue weighted by Crippen LogP contribution is 2.35. The molecule has 1 fully saturated rings. The Morgan fingerprint density at radius 3 is 2.54 bits per heavy atom. The molecule has 0 saturated carbocycles. The van der Waals surface area contributed by atoms with Crippen molar-refractivity contribution < 1.29 is 9.18 Å². The van der Waals surface area contributed by atoms with Gasteiger partial charge in [-0.05, 0) is 56.5 Å². The summed E-state index contributed by atoms with van der Waals surface area (Å²) < 4.78 is 13.1. The highest BCUT2D eigenvalue weighted by molar-refractivity contribution is 7.18. The monoisotopic (exact) mass is 398 g/mol. The summed E-state index contributed by atoms with van der Waals surface area (Å²) in [4.78, 5) is 28.1. The van der Waals surface area contributed by atoms with Crippen LogP contribution in [0.2, 0.25) is 0 Å². The molecule has 5 nitrogen and oxygen atoms in total. The van der Waals surface area contributed by atoms with E-state index >= 15 is 0 Å². The Hall–Kier alpha value is -2.54. The van der Waals surface area contributed by atoms with Crippen molar-refractivity contribution in [3.8, 4) is 0 Å². The standard InChI is InChI=1S/C21H23FN4OS/c1-13-14(2)28-20-18(13)19(23-12-24-20)26-10-8-15(9-11-26)21(27)25(3)17-6-4-16(22)5-7-17/h4-7,12,15H,8-11H2,1-3H3.